The predicted octanol–water partition coefficient (Wildman–Crippen LogP) is 2.28. The minimum atomic E-state index is -0.761. The molecule has 3 heterocycles. The Morgan fingerprint density at radius 1 is 1.26 bits per heavy atom. The van der Waals surface area contributed by atoms with Gasteiger partial charge in [0, 0.05) is 22.8 Å². The minimum absolute atomic E-state index is 0.0752. The number of aromatic amines is 1. The molecule has 6 nitrogen and oxygen atoms in total. The number of carbonyl (C=O) groups is 1. The maximum atomic E-state index is 11.7. The van der Waals surface area contributed by atoms with Crippen molar-refractivity contribution in [1.29, 1.82) is 0 Å². The van der Waals surface area contributed by atoms with Crippen molar-refractivity contribution in [2.75, 3.05) is 0 Å². The van der Waals surface area contributed by atoms with Crippen LogP contribution in [0.5, 0.6) is 0 Å². The molecule has 0 aliphatic heterocycles. The van der Waals surface area contributed by atoms with Crippen molar-refractivity contribution >= 4 is 17.2 Å². The Labute approximate surface area is 136 Å². The van der Waals surface area contributed by atoms with Crippen molar-refractivity contribution in [1.82, 2.24) is 15.0 Å². The quantitative estimate of drug-likeness (QED) is 0.771. The van der Waals surface area contributed by atoms with E-state index in [2.05, 4.69) is 15.0 Å². The van der Waals surface area contributed by atoms with E-state index in [9.17, 15) is 9.59 Å². The molecule has 0 bridgehead atoms. The van der Waals surface area contributed by atoms with Crippen molar-refractivity contribution in [3.8, 4) is 22.0 Å². The van der Waals surface area contributed by atoms with E-state index in [1.165, 1.54) is 17.4 Å². The maximum Gasteiger partial charge on any atom is 0.261 e. The van der Waals surface area contributed by atoms with E-state index in [1.54, 1.807) is 13.1 Å². The molecule has 0 spiro atoms. The molecule has 116 valence electrons. The molecule has 0 aliphatic rings. The molecule has 0 aliphatic carbocycles. The van der Waals surface area contributed by atoms with Gasteiger partial charge in [-0.1, -0.05) is 0 Å². The first-order valence-electron chi connectivity index (χ1n) is 6.88. The van der Waals surface area contributed by atoms with Gasteiger partial charge >= 0.3 is 0 Å². The third-order valence-electron chi connectivity index (χ3n) is 3.42. The lowest BCUT2D eigenvalue weighted by molar-refractivity contribution is 0.0999. The number of rotatable bonds is 3. The SMILES string of the molecule is Cc1ccnc(-c2nc(-c3cc(C(N)=O)c(=O)[nH]c3C)cs2)c1. The molecule has 0 aromatic carbocycles. The van der Waals surface area contributed by atoms with Crippen LogP contribution in [0.4, 0.5) is 0 Å². The summed E-state index contributed by atoms with van der Waals surface area (Å²) in [6.07, 6.45) is 1.74. The normalized spacial score (nSPS) is 10.7. The fourth-order valence-corrected chi connectivity index (χ4v) is 3.03. The van der Waals surface area contributed by atoms with Gasteiger partial charge in [-0.15, -0.1) is 11.3 Å². The monoisotopic (exact) mass is 326 g/mol. The molecule has 23 heavy (non-hydrogen) atoms. The van der Waals surface area contributed by atoms with Crippen LogP contribution in [-0.2, 0) is 0 Å². The number of amides is 1. The Bertz CT molecular complexity index is 959. The smallest absolute Gasteiger partial charge is 0.261 e. The zero-order valence-electron chi connectivity index (χ0n) is 12.6. The van der Waals surface area contributed by atoms with Gasteiger partial charge in [-0.2, -0.15) is 0 Å². The van der Waals surface area contributed by atoms with Gasteiger partial charge in [0.1, 0.15) is 10.6 Å². The van der Waals surface area contributed by atoms with Gasteiger partial charge in [0.2, 0.25) is 0 Å². The van der Waals surface area contributed by atoms with Crippen LogP contribution in [0.15, 0.2) is 34.6 Å². The molecular formula is C16H14N4O2S. The number of thiazole rings is 1. The fraction of sp³-hybridized carbons (Fsp3) is 0.125. The van der Waals surface area contributed by atoms with Crippen LogP contribution in [0.25, 0.3) is 22.0 Å². The van der Waals surface area contributed by atoms with Gasteiger partial charge in [-0.25, -0.2) is 4.98 Å². The number of nitrogens with zero attached hydrogens (tertiary/aromatic N) is 2. The van der Waals surface area contributed by atoms with E-state index in [4.69, 9.17) is 5.73 Å². The van der Waals surface area contributed by atoms with Crippen LogP contribution in [0, 0.1) is 13.8 Å². The van der Waals surface area contributed by atoms with Crippen LogP contribution in [-0.4, -0.2) is 20.9 Å². The molecule has 0 unspecified atom stereocenters. The van der Waals surface area contributed by atoms with Gasteiger partial charge in [0.25, 0.3) is 11.5 Å². The van der Waals surface area contributed by atoms with Crippen LogP contribution in [0.2, 0.25) is 0 Å². The van der Waals surface area contributed by atoms with E-state index in [0.717, 1.165) is 16.3 Å². The van der Waals surface area contributed by atoms with E-state index >= 15 is 0 Å². The van der Waals surface area contributed by atoms with Crippen molar-refractivity contribution < 1.29 is 4.79 Å². The number of nitrogens with one attached hydrogen (secondary N) is 1. The summed E-state index contributed by atoms with van der Waals surface area (Å²) in [6, 6.07) is 5.36. The van der Waals surface area contributed by atoms with Crippen LogP contribution < -0.4 is 11.3 Å². The van der Waals surface area contributed by atoms with E-state index in [0.29, 0.717) is 17.0 Å². The molecule has 0 radical (unpaired) electrons. The van der Waals surface area contributed by atoms with Crippen LogP contribution in [0.3, 0.4) is 0 Å². The first-order chi connectivity index (χ1) is 11.0. The first kappa shape index (κ1) is 15.1. The largest absolute Gasteiger partial charge is 0.365 e. The summed E-state index contributed by atoms with van der Waals surface area (Å²) in [5.74, 6) is -0.761. The molecule has 1 amide bonds. The number of nitrogens with two attached hydrogens (primary N) is 1. The molecule has 0 fully saturated rings. The van der Waals surface area contributed by atoms with E-state index < -0.39 is 11.5 Å². The fourth-order valence-electron chi connectivity index (χ4n) is 2.24. The lowest BCUT2D eigenvalue weighted by Gasteiger charge is -2.04. The highest BCUT2D eigenvalue weighted by atomic mass is 32.1. The number of carbonyl (C=O) groups excluding carboxylic acids is 1. The van der Waals surface area contributed by atoms with E-state index in [1.807, 2.05) is 24.4 Å². The summed E-state index contributed by atoms with van der Waals surface area (Å²) in [6.45, 7) is 3.75. The standard InChI is InChI=1S/C16H14N4O2S/c1-8-3-4-18-12(5-8)16-20-13(7-23-16)10-6-11(14(17)21)15(22)19-9(10)2/h3-7H,1-2H3,(H2,17,21)(H,19,22). The number of aryl methyl sites for hydroxylation is 2. The molecule has 3 aromatic heterocycles. The highest BCUT2D eigenvalue weighted by molar-refractivity contribution is 7.13. The summed E-state index contributed by atoms with van der Waals surface area (Å²) >= 11 is 1.45. The van der Waals surface area contributed by atoms with Crippen LogP contribution >= 0.6 is 11.3 Å². The molecule has 0 atom stereocenters. The number of hydrogen-bond donors (Lipinski definition) is 2. The highest BCUT2D eigenvalue weighted by Crippen LogP contribution is 2.29. The molecule has 0 saturated carbocycles. The van der Waals surface area contributed by atoms with E-state index in [-0.39, 0.29) is 5.56 Å². The summed E-state index contributed by atoms with van der Waals surface area (Å²) < 4.78 is 0. The van der Waals surface area contributed by atoms with Gasteiger partial charge in [0.05, 0.1) is 11.4 Å². The van der Waals surface area contributed by atoms with Crippen LogP contribution in [0.1, 0.15) is 21.6 Å². The number of aromatic nitrogens is 3. The second-order valence-electron chi connectivity index (χ2n) is 5.17. The van der Waals surface area contributed by atoms with Crippen molar-refractivity contribution in [3.63, 3.8) is 0 Å². The third kappa shape index (κ3) is 2.91. The number of hydrogen-bond acceptors (Lipinski definition) is 5. The van der Waals surface area contributed by atoms with Crippen molar-refractivity contribution in [2.45, 2.75) is 13.8 Å². The summed E-state index contributed by atoms with van der Waals surface area (Å²) in [4.78, 5) is 34.6. The molecule has 3 N–H and O–H groups in total. The summed E-state index contributed by atoms with van der Waals surface area (Å²) in [5.41, 5.74) is 8.54. The second kappa shape index (κ2) is 5.77. The Hall–Kier alpha value is -2.80. The lowest BCUT2D eigenvalue weighted by Crippen LogP contribution is -2.24. The zero-order chi connectivity index (χ0) is 16.6. The third-order valence-corrected chi connectivity index (χ3v) is 4.28. The van der Waals surface area contributed by atoms with Gasteiger partial charge in [0.15, 0.2) is 0 Å². The molecule has 3 aromatic rings. The number of primary amides is 1. The Morgan fingerprint density at radius 2 is 2.04 bits per heavy atom. The van der Waals surface area contributed by atoms with Gasteiger partial charge in [-0.05, 0) is 37.6 Å². The Balaban J connectivity index is 2.09. The Kier molecular flexibility index (Phi) is 3.79. The first-order valence-corrected chi connectivity index (χ1v) is 7.76. The molecular weight excluding hydrogens is 312 g/mol. The number of pyridine rings is 2. The Morgan fingerprint density at radius 3 is 2.74 bits per heavy atom. The van der Waals surface area contributed by atoms with Crippen molar-refractivity contribution in [2.24, 2.45) is 5.73 Å². The number of H-pyrrole nitrogens is 1. The maximum absolute atomic E-state index is 11.7. The molecule has 0 saturated heterocycles. The van der Waals surface area contributed by atoms with Gasteiger partial charge in [-0.3, -0.25) is 14.6 Å². The van der Waals surface area contributed by atoms with Gasteiger partial charge < -0.3 is 10.7 Å². The highest BCUT2D eigenvalue weighted by Gasteiger charge is 2.14. The zero-order valence-corrected chi connectivity index (χ0v) is 13.4. The molecule has 7 heteroatoms. The molecule has 3 rings (SSSR count). The average molecular weight is 326 g/mol. The lowest BCUT2D eigenvalue weighted by atomic mass is 10.1. The second-order valence-corrected chi connectivity index (χ2v) is 6.03. The predicted molar refractivity (Wildman–Crippen MR) is 89.4 cm³/mol. The minimum Gasteiger partial charge on any atom is -0.365 e. The average Bonchev–Trinajstić information content (AvgIpc) is 2.96. The summed E-state index contributed by atoms with van der Waals surface area (Å²) in [5, 5.41) is 2.64. The topological polar surface area (TPSA) is 102 Å². The van der Waals surface area contributed by atoms with Crippen molar-refractivity contribution in [3.05, 3.63) is 57.0 Å². The summed E-state index contributed by atoms with van der Waals surface area (Å²) in [7, 11) is 0.